The number of anilines is 1. The second-order valence-corrected chi connectivity index (χ2v) is 11.8. The number of hydrogen-bond acceptors (Lipinski definition) is 7. The third kappa shape index (κ3) is 4.64. The van der Waals surface area contributed by atoms with Crippen molar-refractivity contribution in [2.75, 3.05) is 18.8 Å². The molecule has 3 N–H and O–H groups in total. The predicted octanol–water partition coefficient (Wildman–Crippen LogP) is 4.18. The summed E-state index contributed by atoms with van der Waals surface area (Å²) < 4.78 is 17.2. The van der Waals surface area contributed by atoms with Crippen LogP contribution in [0.3, 0.4) is 0 Å². The van der Waals surface area contributed by atoms with Crippen LogP contribution < -0.4 is 11.1 Å². The third-order valence-electron chi connectivity index (χ3n) is 9.04. The maximum Gasteiger partial charge on any atom is 0.228 e. The van der Waals surface area contributed by atoms with E-state index in [2.05, 4.69) is 38.2 Å². The van der Waals surface area contributed by atoms with E-state index in [-0.39, 0.29) is 11.9 Å². The molecule has 0 unspecified atom stereocenters. The van der Waals surface area contributed by atoms with Crippen LogP contribution in [0.4, 0.5) is 10.2 Å². The van der Waals surface area contributed by atoms with Gasteiger partial charge in [0, 0.05) is 49.5 Å². The number of nitrogens with zero attached hydrogens (tertiary/aromatic N) is 7. The van der Waals surface area contributed by atoms with Gasteiger partial charge in [-0.15, -0.1) is 0 Å². The molecule has 4 aromatic heterocycles. The summed E-state index contributed by atoms with van der Waals surface area (Å²) in [6.45, 7) is 1.39. The minimum absolute atomic E-state index is 0.00430. The van der Waals surface area contributed by atoms with Gasteiger partial charge >= 0.3 is 0 Å². The van der Waals surface area contributed by atoms with E-state index in [0.29, 0.717) is 48.7 Å². The minimum atomic E-state index is -0.935. The van der Waals surface area contributed by atoms with Gasteiger partial charge in [0.05, 0.1) is 11.5 Å². The number of likely N-dealkylation sites (tertiary alicyclic amines) is 1. The number of alkyl halides is 1. The Hall–Kier alpha value is -4.64. The maximum absolute atomic E-state index is 13.4. The average molecular weight is 578 g/mol. The third-order valence-corrected chi connectivity index (χ3v) is 9.04. The van der Waals surface area contributed by atoms with Gasteiger partial charge in [0.25, 0.3) is 0 Å². The van der Waals surface area contributed by atoms with Gasteiger partial charge in [-0.2, -0.15) is 5.10 Å². The summed E-state index contributed by atoms with van der Waals surface area (Å²) in [4.78, 5) is 28.5. The fourth-order valence-corrected chi connectivity index (χ4v) is 6.63. The Morgan fingerprint density at radius 3 is 2.65 bits per heavy atom. The predicted molar refractivity (Wildman–Crippen MR) is 160 cm³/mol. The van der Waals surface area contributed by atoms with Crippen LogP contribution in [0.5, 0.6) is 0 Å². The van der Waals surface area contributed by atoms with Gasteiger partial charge in [0.2, 0.25) is 5.91 Å². The van der Waals surface area contributed by atoms with E-state index in [9.17, 15) is 9.18 Å². The number of fused-ring (bicyclic) bond motifs is 2. The number of amides is 1. The summed E-state index contributed by atoms with van der Waals surface area (Å²) in [5.74, 6) is 1.39. The lowest BCUT2D eigenvalue weighted by molar-refractivity contribution is -0.134. The lowest BCUT2D eigenvalue weighted by Gasteiger charge is -2.34. The number of nitrogen functional groups attached to an aromatic ring is 1. The van der Waals surface area contributed by atoms with Crippen LogP contribution >= 0.6 is 0 Å². The van der Waals surface area contributed by atoms with Gasteiger partial charge in [-0.3, -0.25) is 9.36 Å². The summed E-state index contributed by atoms with van der Waals surface area (Å²) in [5, 5.41) is 8.22. The normalized spacial score (nSPS) is 21.8. The highest BCUT2D eigenvalue weighted by molar-refractivity contribution is 5.83. The summed E-state index contributed by atoms with van der Waals surface area (Å²) in [6, 6.07) is 16.7. The van der Waals surface area contributed by atoms with Crippen LogP contribution in [0, 0.1) is 5.92 Å². The number of aryl methyl sites for hydroxylation is 1. The quantitative estimate of drug-likeness (QED) is 0.311. The van der Waals surface area contributed by atoms with Crippen molar-refractivity contribution in [2.45, 2.75) is 50.4 Å². The number of halogens is 1. The Morgan fingerprint density at radius 2 is 1.88 bits per heavy atom. The summed E-state index contributed by atoms with van der Waals surface area (Å²) in [6.07, 6.45) is 8.48. The van der Waals surface area contributed by atoms with Gasteiger partial charge in [0.1, 0.15) is 17.5 Å². The Balaban J connectivity index is 1.09. The Bertz CT molecular complexity index is 1830. The summed E-state index contributed by atoms with van der Waals surface area (Å²) >= 11 is 0. The molecule has 1 aromatic carbocycles. The molecule has 5 aromatic rings. The number of benzene rings is 1. The number of piperidine rings is 1. The van der Waals surface area contributed by atoms with Crippen LogP contribution in [-0.4, -0.2) is 65.4 Å². The Labute approximate surface area is 247 Å². The maximum atomic E-state index is 13.4. The number of carbonyl (C=O) groups is 1. The summed E-state index contributed by atoms with van der Waals surface area (Å²) in [7, 11) is 0. The van der Waals surface area contributed by atoms with Gasteiger partial charge in [0.15, 0.2) is 17.3 Å². The fourth-order valence-electron chi connectivity index (χ4n) is 6.63. The van der Waals surface area contributed by atoms with Gasteiger partial charge < -0.3 is 16.0 Å². The van der Waals surface area contributed by atoms with E-state index in [1.165, 1.54) is 11.1 Å². The molecule has 0 radical (unpaired) electrons. The molecule has 0 bridgehead atoms. The van der Waals surface area contributed by atoms with Crippen molar-refractivity contribution in [2.24, 2.45) is 5.92 Å². The van der Waals surface area contributed by atoms with Crippen LogP contribution in [0.2, 0.25) is 0 Å². The van der Waals surface area contributed by atoms with Crippen molar-refractivity contribution in [3.8, 4) is 22.9 Å². The number of imidazole rings is 1. The molecule has 11 heteroatoms. The van der Waals surface area contributed by atoms with Crippen molar-refractivity contribution in [1.82, 2.24) is 39.5 Å². The second kappa shape index (κ2) is 10.3. The van der Waals surface area contributed by atoms with Crippen LogP contribution in [0.15, 0.2) is 67.1 Å². The minimum Gasteiger partial charge on any atom is -0.383 e. The Kier molecular flexibility index (Phi) is 6.21. The molecule has 10 nitrogen and oxygen atoms in total. The lowest BCUT2D eigenvalue weighted by atomic mass is 10.0. The molecule has 1 saturated heterocycles. The topological polar surface area (TPSA) is 120 Å². The molecular formula is C32H32FN9O. The van der Waals surface area contributed by atoms with Crippen molar-refractivity contribution in [3.05, 3.63) is 78.2 Å². The van der Waals surface area contributed by atoms with Crippen molar-refractivity contribution in [1.29, 1.82) is 0 Å². The van der Waals surface area contributed by atoms with Crippen LogP contribution in [0.25, 0.3) is 34.1 Å². The monoisotopic (exact) mass is 577 g/mol. The Morgan fingerprint density at radius 1 is 1.02 bits per heavy atom. The standard InChI is InChI=1S/C32H32FN9O/c33-25-18-24(25)32(43)40-15-10-20(11-16-40)37-26-7-4-19-17-21(5-6-22(19)26)42-30(23-3-1-12-35-29(23)34)38-27-8-9-28(39-31(27)42)41-14-2-13-36-41/h1-3,5-6,8-9,12-14,17,20,24-26,37H,4,7,10-11,15-16,18H2,(H2,34,35)/t24-,25-,26-/m0/s1. The zero-order chi connectivity index (χ0) is 29.1. The molecule has 8 rings (SSSR count). The first-order valence-corrected chi connectivity index (χ1v) is 15.0. The molecule has 218 valence electrons. The molecule has 1 amide bonds. The molecule has 0 spiro atoms. The lowest BCUT2D eigenvalue weighted by Crippen LogP contribution is -2.46. The van der Waals surface area contributed by atoms with Crippen LogP contribution in [0.1, 0.15) is 42.9 Å². The second-order valence-electron chi connectivity index (χ2n) is 11.8. The largest absolute Gasteiger partial charge is 0.383 e. The van der Waals surface area contributed by atoms with Crippen molar-refractivity contribution < 1.29 is 9.18 Å². The van der Waals surface area contributed by atoms with E-state index in [4.69, 9.17) is 15.7 Å². The smallest absolute Gasteiger partial charge is 0.228 e. The zero-order valence-corrected chi connectivity index (χ0v) is 23.6. The van der Waals surface area contributed by atoms with E-state index in [0.717, 1.165) is 42.5 Å². The number of rotatable bonds is 6. The van der Waals surface area contributed by atoms with Gasteiger partial charge in [-0.25, -0.2) is 24.0 Å². The molecule has 3 atom stereocenters. The van der Waals surface area contributed by atoms with Crippen LogP contribution in [-0.2, 0) is 11.2 Å². The average Bonchev–Trinajstić information content (AvgIpc) is 3.41. The van der Waals surface area contributed by atoms with E-state index < -0.39 is 12.1 Å². The van der Waals surface area contributed by atoms with E-state index >= 15 is 0 Å². The summed E-state index contributed by atoms with van der Waals surface area (Å²) in [5.41, 5.74) is 12.1. The molecular weight excluding hydrogens is 545 g/mol. The number of carbonyl (C=O) groups excluding carboxylic acids is 1. The highest BCUT2D eigenvalue weighted by atomic mass is 19.1. The first-order valence-electron chi connectivity index (χ1n) is 15.0. The number of hydrogen-bond donors (Lipinski definition) is 2. The molecule has 3 aliphatic rings. The van der Waals surface area contributed by atoms with Gasteiger partial charge in [-0.05, 0) is 85.7 Å². The molecule has 2 fully saturated rings. The SMILES string of the molecule is Nc1ncccc1-c1nc2ccc(-n3cccn3)nc2n1-c1ccc2c(c1)CC[C@@H]2NC1CCN(C(=O)[C@H]2C[C@@H]2F)CC1. The van der Waals surface area contributed by atoms with Gasteiger partial charge in [-0.1, -0.05) is 6.07 Å². The number of aromatic nitrogens is 6. The number of nitrogens with one attached hydrogen (secondary N) is 1. The van der Waals surface area contributed by atoms with E-state index in [1.807, 2.05) is 41.4 Å². The highest BCUT2D eigenvalue weighted by Crippen LogP contribution is 2.38. The van der Waals surface area contributed by atoms with Crippen molar-refractivity contribution >= 4 is 22.9 Å². The number of nitrogens with two attached hydrogens (primary N) is 1. The van der Waals surface area contributed by atoms with Crippen molar-refractivity contribution in [3.63, 3.8) is 0 Å². The fraction of sp³-hybridized carbons (Fsp3) is 0.344. The molecule has 5 heterocycles. The number of pyridine rings is 2. The zero-order valence-electron chi connectivity index (χ0n) is 23.6. The van der Waals surface area contributed by atoms with E-state index in [1.54, 1.807) is 17.1 Å². The molecule has 1 aliphatic heterocycles. The molecule has 1 saturated carbocycles. The molecule has 43 heavy (non-hydrogen) atoms. The first kappa shape index (κ1) is 26.0. The first-order chi connectivity index (χ1) is 21.0. The highest BCUT2D eigenvalue weighted by Gasteiger charge is 2.46. The molecule has 2 aliphatic carbocycles.